The predicted molar refractivity (Wildman–Crippen MR) is 65.4 cm³/mol. The van der Waals surface area contributed by atoms with E-state index in [-0.39, 0.29) is 5.56 Å². The van der Waals surface area contributed by atoms with Gasteiger partial charge >= 0.3 is 0 Å². The molecule has 2 saturated carbocycles. The van der Waals surface area contributed by atoms with Crippen LogP contribution in [0.5, 0.6) is 0 Å². The topological polar surface area (TPSA) is 42.0 Å². The summed E-state index contributed by atoms with van der Waals surface area (Å²) in [4.78, 5) is 15.0. The molecule has 19 heavy (non-hydrogen) atoms. The van der Waals surface area contributed by atoms with Gasteiger partial charge in [0.25, 0.3) is 5.91 Å². The first kappa shape index (κ1) is 12.5. The van der Waals surface area contributed by atoms with Gasteiger partial charge in [-0.2, -0.15) is 4.39 Å². The molecular formula is C14H16F2N2O. The summed E-state index contributed by atoms with van der Waals surface area (Å²) in [6, 6.07) is 1.20. The third-order valence-electron chi connectivity index (χ3n) is 4.50. The highest BCUT2D eigenvalue weighted by Gasteiger charge is 2.39. The van der Waals surface area contributed by atoms with Gasteiger partial charge in [0.1, 0.15) is 0 Å². The fourth-order valence-electron chi connectivity index (χ4n) is 3.54. The van der Waals surface area contributed by atoms with Crippen LogP contribution in [0.1, 0.15) is 36.0 Å². The highest BCUT2D eigenvalue weighted by molar-refractivity contribution is 5.94. The summed E-state index contributed by atoms with van der Waals surface area (Å²) in [5.74, 6) is -0.953. The minimum Gasteiger partial charge on any atom is -0.352 e. The lowest BCUT2D eigenvalue weighted by molar-refractivity contribution is 0.0936. The normalized spacial score (nSPS) is 28.6. The van der Waals surface area contributed by atoms with Crippen LogP contribution in [0.4, 0.5) is 8.78 Å². The van der Waals surface area contributed by atoms with Gasteiger partial charge in [0, 0.05) is 12.7 Å². The third kappa shape index (κ3) is 2.33. The number of pyridine rings is 1. The van der Waals surface area contributed by atoms with Crippen molar-refractivity contribution in [2.24, 2.45) is 17.8 Å². The van der Waals surface area contributed by atoms with Crippen molar-refractivity contribution < 1.29 is 13.6 Å². The van der Waals surface area contributed by atoms with E-state index in [2.05, 4.69) is 10.3 Å². The SMILES string of the molecule is O=C(NCC1CC2CCC1C2)c1ccnc(F)c1F. The van der Waals surface area contributed by atoms with Gasteiger partial charge < -0.3 is 5.32 Å². The van der Waals surface area contributed by atoms with Crippen molar-refractivity contribution >= 4 is 5.91 Å². The van der Waals surface area contributed by atoms with Crippen LogP contribution >= 0.6 is 0 Å². The Labute approximate surface area is 110 Å². The molecular weight excluding hydrogens is 250 g/mol. The molecule has 2 aliphatic carbocycles. The number of nitrogens with one attached hydrogen (secondary N) is 1. The lowest BCUT2D eigenvalue weighted by atomic mass is 9.89. The molecule has 1 amide bonds. The Morgan fingerprint density at radius 1 is 1.37 bits per heavy atom. The summed E-state index contributed by atoms with van der Waals surface area (Å²) in [5, 5.41) is 2.72. The Balaban J connectivity index is 1.61. The van der Waals surface area contributed by atoms with E-state index in [0.29, 0.717) is 18.4 Å². The molecule has 2 aliphatic rings. The molecule has 3 atom stereocenters. The van der Waals surface area contributed by atoms with Crippen molar-refractivity contribution in [3.63, 3.8) is 0 Å². The summed E-state index contributed by atoms with van der Waals surface area (Å²) in [7, 11) is 0. The average molecular weight is 266 g/mol. The fourth-order valence-corrected chi connectivity index (χ4v) is 3.54. The van der Waals surface area contributed by atoms with Crippen molar-refractivity contribution in [2.75, 3.05) is 6.54 Å². The van der Waals surface area contributed by atoms with Gasteiger partial charge in [-0.25, -0.2) is 9.37 Å². The second-order valence-electron chi connectivity index (χ2n) is 5.61. The van der Waals surface area contributed by atoms with Gasteiger partial charge in [0.2, 0.25) is 5.95 Å². The van der Waals surface area contributed by atoms with Crippen molar-refractivity contribution in [3.8, 4) is 0 Å². The van der Waals surface area contributed by atoms with Crippen LogP contribution in [0.2, 0.25) is 0 Å². The summed E-state index contributed by atoms with van der Waals surface area (Å²) >= 11 is 0. The first-order valence-corrected chi connectivity index (χ1v) is 6.73. The fraction of sp³-hybridized carbons (Fsp3) is 0.571. The van der Waals surface area contributed by atoms with Crippen molar-refractivity contribution in [1.82, 2.24) is 10.3 Å². The average Bonchev–Trinajstić information content (AvgIpc) is 3.01. The van der Waals surface area contributed by atoms with E-state index in [1.54, 1.807) is 0 Å². The molecule has 1 aromatic rings. The van der Waals surface area contributed by atoms with Crippen LogP contribution in [0, 0.1) is 29.5 Å². The second-order valence-corrected chi connectivity index (χ2v) is 5.61. The zero-order valence-corrected chi connectivity index (χ0v) is 10.5. The largest absolute Gasteiger partial charge is 0.352 e. The van der Waals surface area contributed by atoms with Crippen LogP contribution < -0.4 is 5.32 Å². The van der Waals surface area contributed by atoms with Gasteiger partial charge in [0.15, 0.2) is 5.82 Å². The van der Waals surface area contributed by atoms with Crippen molar-refractivity contribution in [3.05, 3.63) is 29.6 Å². The maximum absolute atomic E-state index is 13.4. The molecule has 3 unspecified atom stereocenters. The Morgan fingerprint density at radius 2 is 2.21 bits per heavy atom. The summed E-state index contributed by atoms with van der Waals surface area (Å²) in [6.45, 7) is 0.559. The highest BCUT2D eigenvalue weighted by atomic mass is 19.2. The molecule has 3 rings (SSSR count). The maximum Gasteiger partial charge on any atom is 0.254 e. The number of rotatable bonds is 3. The number of hydrogen-bond donors (Lipinski definition) is 1. The zero-order valence-electron chi connectivity index (χ0n) is 10.5. The number of amides is 1. The molecule has 2 fully saturated rings. The van der Waals surface area contributed by atoms with Crippen LogP contribution in [0.3, 0.4) is 0 Å². The first-order valence-electron chi connectivity index (χ1n) is 6.73. The van der Waals surface area contributed by atoms with Crippen molar-refractivity contribution in [2.45, 2.75) is 25.7 Å². The number of carbonyl (C=O) groups is 1. The number of hydrogen-bond acceptors (Lipinski definition) is 2. The summed E-state index contributed by atoms with van der Waals surface area (Å²) in [6.07, 6.45) is 6.06. The number of carbonyl (C=O) groups excluding carboxylic acids is 1. The van der Waals surface area contributed by atoms with Gasteiger partial charge in [-0.3, -0.25) is 4.79 Å². The Bertz CT molecular complexity index is 506. The smallest absolute Gasteiger partial charge is 0.254 e. The standard InChI is InChI=1S/C14H16F2N2O/c15-12-11(3-4-17-13(12)16)14(19)18-7-10-6-8-1-2-9(10)5-8/h3-4,8-10H,1-2,5-7H2,(H,18,19). The Kier molecular flexibility index (Phi) is 3.21. The quantitative estimate of drug-likeness (QED) is 0.854. The van der Waals surface area contributed by atoms with E-state index in [1.807, 2.05) is 0 Å². The predicted octanol–water partition coefficient (Wildman–Crippen LogP) is 2.53. The molecule has 0 radical (unpaired) electrons. The molecule has 102 valence electrons. The van der Waals surface area contributed by atoms with Crippen LogP contribution in [-0.4, -0.2) is 17.4 Å². The monoisotopic (exact) mass is 266 g/mol. The summed E-state index contributed by atoms with van der Waals surface area (Å²) < 4.78 is 26.3. The van der Waals surface area contributed by atoms with E-state index in [4.69, 9.17) is 0 Å². The van der Waals surface area contributed by atoms with E-state index >= 15 is 0 Å². The Hall–Kier alpha value is -1.52. The lowest BCUT2D eigenvalue weighted by Crippen LogP contribution is -2.32. The molecule has 0 spiro atoms. The zero-order chi connectivity index (χ0) is 13.4. The maximum atomic E-state index is 13.4. The minimum atomic E-state index is -1.23. The van der Waals surface area contributed by atoms with E-state index in [9.17, 15) is 13.6 Å². The minimum absolute atomic E-state index is 0.268. The third-order valence-corrected chi connectivity index (χ3v) is 4.50. The molecule has 3 nitrogen and oxygen atoms in total. The molecule has 0 aliphatic heterocycles. The number of fused-ring (bicyclic) bond motifs is 2. The number of halogens is 2. The molecule has 1 aromatic heterocycles. The first-order chi connectivity index (χ1) is 9.15. The molecule has 1 N–H and O–H groups in total. The van der Waals surface area contributed by atoms with Crippen LogP contribution in [-0.2, 0) is 0 Å². The van der Waals surface area contributed by atoms with Crippen LogP contribution in [0.15, 0.2) is 12.3 Å². The van der Waals surface area contributed by atoms with Crippen molar-refractivity contribution in [1.29, 1.82) is 0 Å². The van der Waals surface area contributed by atoms with E-state index < -0.39 is 17.7 Å². The highest BCUT2D eigenvalue weighted by Crippen LogP contribution is 2.47. The number of nitrogens with zero attached hydrogens (tertiary/aromatic N) is 1. The lowest BCUT2D eigenvalue weighted by Gasteiger charge is -2.21. The molecule has 0 saturated heterocycles. The van der Waals surface area contributed by atoms with Gasteiger partial charge in [-0.1, -0.05) is 6.42 Å². The number of aromatic nitrogens is 1. The molecule has 2 bridgehead atoms. The molecule has 0 aromatic carbocycles. The van der Waals surface area contributed by atoms with Gasteiger partial charge in [0.05, 0.1) is 5.56 Å². The van der Waals surface area contributed by atoms with E-state index in [1.165, 1.54) is 25.3 Å². The molecule has 1 heterocycles. The van der Waals surface area contributed by atoms with Crippen LogP contribution in [0.25, 0.3) is 0 Å². The van der Waals surface area contributed by atoms with Gasteiger partial charge in [-0.05, 0) is 43.1 Å². The van der Waals surface area contributed by atoms with E-state index in [0.717, 1.165) is 18.5 Å². The van der Waals surface area contributed by atoms with Gasteiger partial charge in [-0.15, -0.1) is 0 Å². The molecule has 5 heteroatoms. The summed E-state index contributed by atoms with van der Waals surface area (Å²) in [5.41, 5.74) is -0.268. The second kappa shape index (κ2) is 4.87. The Morgan fingerprint density at radius 3 is 2.89 bits per heavy atom.